The van der Waals surface area contributed by atoms with Crippen molar-refractivity contribution in [3.63, 3.8) is 0 Å². The number of amides is 1. The molecule has 0 fully saturated rings. The van der Waals surface area contributed by atoms with Gasteiger partial charge in [-0.05, 0) is 0 Å². The Labute approximate surface area is 84.7 Å². The summed E-state index contributed by atoms with van der Waals surface area (Å²) in [7, 11) is 1.75. The van der Waals surface area contributed by atoms with Gasteiger partial charge in [0, 0.05) is 0 Å². The molecule has 1 aliphatic heterocycles. The quantitative estimate of drug-likeness (QED) is 0.516. The van der Waals surface area contributed by atoms with Crippen molar-refractivity contribution >= 4 is 17.3 Å². The summed E-state index contributed by atoms with van der Waals surface area (Å²) in [5.74, 6) is 0.0283. The SMILES string of the molecule is CN1C(=O)[CH]([Fe])c2cc(N)ccc21. The molecule has 0 radical (unpaired) electrons. The van der Waals surface area contributed by atoms with Crippen LogP contribution in [-0.2, 0) is 20.8 Å². The summed E-state index contributed by atoms with van der Waals surface area (Å²) < 4.78 is 0. The van der Waals surface area contributed by atoms with Gasteiger partial charge in [-0.15, -0.1) is 0 Å². The minimum absolute atomic E-state index is 0.0283. The van der Waals surface area contributed by atoms with Crippen LogP contribution in [0.2, 0.25) is 0 Å². The van der Waals surface area contributed by atoms with E-state index in [-0.39, 0.29) is 10.7 Å². The molecule has 1 heterocycles. The van der Waals surface area contributed by atoms with E-state index in [2.05, 4.69) is 16.0 Å². The molecule has 2 N–H and O–H groups in total. The standard InChI is InChI=1S/C9H9N2O.Fe/c1-11-8-3-2-7(10)4-6(8)5-9(11)12;/h2-5H,10H2,1H3;. The number of hydrogen-bond acceptors (Lipinski definition) is 2. The Morgan fingerprint density at radius 1 is 1.54 bits per heavy atom. The van der Waals surface area contributed by atoms with Crippen LogP contribution in [-0.4, -0.2) is 13.0 Å². The van der Waals surface area contributed by atoms with Gasteiger partial charge in [-0.3, -0.25) is 0 Å². The first-order valence-corrected chi connectivity index (χ1v) is 4.54. The van der Waals surface area contributed by atoms with Crippen molar-refractivity contribution in [1.29, 1.82) is 0 Å². The fourth-order valence-corrected chi connectivity index (χ4v) is 1.96. The molecule has 0 aromatic heterocycles. The Morgan fingerprint density at radius 3 is 2.92 bits per heavy atom. The first-order chi connectivity index (χ1) is 6.11. The number of nitrogens with zero attached hydrogens (tertiary/aromatic N) is 1. The molecule has 13 heavy (non-hydrogen) atoms. The molecule has 69 valence electrons. The predicted octanol–water partition coefficient (Wildman–Crippen LogP) is 0.833. The van der Waals surface area contributed by atoms with E-state index in [0.717, 1.165) is 11.3 Å². The van der Waals surface area contributed by atoms with Crippen LogP contribution in [0.3, 0.4) is 0 Å². The molecule has 0 bridgehead atoms. The zero-order chi connectivity index (χ0) is 9.59. The summed E-state index contributed by atoms with van der Waals surface area (Å²) in [6, 6.07) is 5.46. The van der Waals surface area contributed by atoms with Gasteiger partial charge in [0.15, 0.2) is 0 Å². The van der Waals surface area contributed by atoms with Gasteiger partial charge < -0.3 is 0 Å². The second-order valence-electron chi connectivity index (χ2n) is 3.06. The van der Waals surface area contributed by atoms with E-state index in [0.29, 0.717) is 5.69 Å². The number of nitrogen functional groups attached to an aromatic ring is 1. The number of benzene rings is 1. The molecular weight excluding hydrogens is 208 g/mol. The molecule has 0 aliphatic carbocycles. The van der Waals surface area contributed by atoms with Gasteiger partial charge in [-0.25, -0.2) is 0 Å². The van der Waals surface area contributed by atoms with E-state index in [1.54, 1.807) is 18.0 Å². The number of rotatable bonds is 0. The molecule has 2 rings (SSSR count). The van der Waals surface area contributed by atoms with Gasteiger partial charge >= 0.3 is 84.3 Å². The zero-order valence-corrected chi connectivity index (χ0v) is 8.20. The van der Waals surface area contributed by atoms with Crippen molar-refractivity contribution in [2.45, 2.75) is 4.82 Å². The number of likely N-dealkylation sites (N-methyl/N-ethyl adjacent to an activating group) is 1. The van der Waals surface area contributed by atoms with Gasteiger partial charge in [0.2, 0.25) is 0 Å². The van der Waals surface area contributed by atoms with E-state index in [9.17, 15) is 4.79 Å². The summed E-state index contributed by atoms with van der Waals surface area (Å²) in [6.45, 7) is 0. The molecule has 1 unspecified atom stereocenters. The Bertz CT molecular complexity index is 378. The monoisotopic (exact) mass is 217 g/mol. The van der Waals surface area contributed by atoms with Crippen molar-refractivity contribution in [3.8, 4) is 0 Å². The third-order valence-electron chi connectivity index (χ3n) is 2.22. The van der Waals surface area contributed by atoms with Gasteiger partial charge in [-0.1, -0.05) is 0 Å². The Kier molecular flexibility index (Phi) is 1.82. The second kappa shape index (κ2) is 2.75. The van der Waals surface area contributed by atoms with Crippen LogP contribution in [0.25, 0.3) is 0 Å². The zero-order valence-electron chi connectivity index (χ0n) is 7.10. The van der Waals surface area contributed by atoms with E-state index in [1.807, 2.05) is 12.1 Å². The molecule has 1 amide bonds. The van der Waals surface area contributed by atoms with Crippen LogP contribution in [0, 0.1) is 0 Å². The Balaban J connectivity index is 2.60. The molecular formula is C9H9FeN2O. The Morgan fingerprint density at radius 2 is 2.23 bits per heavy atom. The Hall–Kier alpha value is -0.991. The third-order valence-corrected chi connectivity index (χ3v) is 2.84. The maximum atomic E-state index is 11.5. The van der Waals surface area contributed by atoms with Crippen LogP contribution in [0.15, 0.2) is 18.2 Å². The molecule has 0 spiro atoms. The molecule has 1 atom stereocenters. The van der Waals surface area contributed by atoms with Crippen molar-refractivity contribution in [2.75, 3.05) is 17.7 Å². The van der Waals surface area contributed by atoms with Crippen LogP contribution < -0.4 is 10.6 Å². The fourth-order valence-electron chi connectivity index (χ4n) is 1.49. The van der Waals surface area contributed by atoms with Gasteiger partial charge in [-0.2, -0.15) is 0 Å². The van der Waals surface area contributed by atoms with Crippen molar-refractivity contribution in [1.82, 2.24) is 0 Å². The topological polar surface area (TPSA) is 46.3 Å². The molecule has 0 saturated carbocycles. The van der Waals surface area contributed by atoms with E-state index >= 15 is 0 Å². The molecule has 3 nitrogen and oxygen atoms in total. The number of nitrogens with two attached hydrogens (primary N) is 1. The van der Waals surface area contributed by atoms with Gasteiger partial charge in [0.05, 0.1) is 0 Å². The number of carbonyl (C=O) groups is 1. The number of fused-ring (bicyclic) bond motifs is 1. The summed E-state index contributed by atoms with van der Waals surface area (Å²) in [5, 5.41) is 0. The number of carbonyl (C=O) groups excluding carboxylic acids is 1. The van der Waals surface area contributed by atoms with Gasteiger partial charge in [0.1, 0.15) is 0 Å². The normalized spacial score (nSPS) is 20.6. The number of hydrogen-bond donors (Lipinski definition) is 1. The average Bonchev–Trinajstić information content (AvgIpc) is 2.32. The van der Waals surface area contributed by atoms with Crippen molar-refractivity contribution in [2.24, 2.45) is 0 Å². The van der Waals surface area contributed by atoms with Crippen molar-refractivity contribution < 1.29 is 20.8 Å². The molecule has 1 aliphatic rings. The second-order valence-corrected chi connectivity index (χ2v) is 3.70. The fraction of sp³-hybridized carbons (Fsp3) is 0.222. The van der Waals surface area contributed by atoms with E-state index < -0.39 is 0 Å². The third kappa shape index (κ3) is 1.14. The van der Waals surface area contributed by atoms with E-state index in [1.165, 1.54) is 0 Å². The van der Waals surface area contributed by atoms with E-state index in [4.69, 9.17) is 5.73 Å². The van der Waals surface area contributed by atoms with Crippen LogP contribution in [0.5, 0.6) is 0 Å². The molecule has 1 aromatic carbocycles. The first kappa shape index (κ1) is 8.60. The van der Waals surface area contributed by atoms with Crippen LogP contribution in [0.1, 0.15) is 10.4 Å². The maximum absolute atomic E-state index is 11.5. The average molecular weight is 217 g/mol. The first-order valence-electron chi connectivity index (χ1n) is 3.91. The predicted molar refractivity (Wildman–Crippen MR) is 47.0 cm³/mol. The summed E-state index contributed by atoms with van der Waals surface area (Å²) in [6.07, 6.45) is 0. The van der Waals surface area contributed by atoms with Crippen LogP contribution in [0.4, 0.5) is 11.4 Å². The van der Waals surface area contributed by atoms with Crippen molar-refractivity contribution in [3.05, 3.63) is 23.8 Å². The van der Waals surface area contributed by atoms with Crippen LogP contribution >= 0.6 is 0 Å². The summed E-state index contributed by atoms with van der Waals surface area (Å²) >= 11 is 3.80. The molecule has 1 aromatic rings. The van der Waals surface area contributed by atoms with Gasteiger partial charge in [0.25, 0.3) is 0 Å². The molecule has 4 heteroatoms. The molecule has 0 saturated heterocycles. The number of anilines is 2. The summed E-state index contributed by atoms with van der Waals surface area (Å²) in [4.78, 5) is 12.8. The summed E-state index contributed by atoms with van der Waals surface area (Å²) in [5.41, 5.74) is 8.14. The minimum atomic E-state index is -0.302.